The summed E-state index contributed by atoms with van der Waals surface area (Å²) in [5.41, 5.74) is 2.42. The smallest absolute Gasteiger partial charge is 0.223 e. The topological polar surface area (TPSA) is 38.8 Å². The number of rotatable bonds is 5. The van der Waals surface area contributed by atoms with Crippen LogP contribution >= 0.6 is 0 Å². The lowest BCUT2D eigenvalue weighted by molar-refractivity contribution is -0.139. The minimum Gasteiger partial charge on any atom is -0.496 e. The van der Waals surface area contributed by atoms with Gasteiger partial charge in [0, 0.05) is 13.0 Å². The van der Waals surface area contributed by atoms with Crippen molar-refractivity contribution in [3.8, 4) is 5.75 Å². The minimum atomic E-state index is 0.189. The number of amides is 1. The van der Waals surface area contributed by atoms with Crippen LogP contribution in [0.1, 0.15) is 43.2 Å². The first-order chi connectivity index (χ1) is 11.1. The highest BCUT2D eigenvalue weighted by molar-refractivity contribution is 5.77. The summed E-state index contributed by atoms with van der Waals surface area (Å²) in [5, 5.41) is 0. The van der Waals surface area contributed by atoms with Crippen LogP contribution in [0.2, 0.25) is 0 Å². The Morgan fingerprint density at radius 2 is 2.22 bits per heavy atom. The SMILES string of the molecule is COc1ccc(C(CC(=O)N2CCOCC2C)C2CC2)cc1C. The minimum absolute atomic E-state index is 0.189. The molecule has 2 fully saturated rings. The third-order valence-electron chi connectivity index (χ3n) is 5.12. The number of hydrogen-bond acceptors (Lipinski definition) is 3. The number of hydrogen-bond donors (Lipinski definition) is 0. The molecule has 1 aromatic carbocycles. The van der Waals surface area contributed by atoms with E-state index in [9.17, 15) is 4.79 Å². The van der Waals surface area contributed by atoms with Crippen LogP contribution in [0.5, 0.6) is 5.75 Å². The molecule has 1 heterocycles. The van der Waals surface area contributed by atoms with Crippen LogP contribution in [0.3, 0.4) is 0 Å². The van der Waals surface area contributed by atoms with Gasteiger partial charge in [-0.25, -0.2) is 0 Å². The molecule has 3 rings (SSSR count). The second-order valence-electron chi connectivity index (χ2n) is 6.89. The maximum absolute atomic E-state index is 12.8. The van der Waals surface area contributed by atoms with Gasteiger partial charge in [-0.05, 0) is 55.7 Å². The molecular formula is C19H27NO3. The molecule has 1 aliphatic carbocycles. The second-order valence-corrected chi connectivity index (χ2v) is 6.89. The van der Waals surface area contributed by atoms with Crippen molar-refractivity contribution in [1.82, 2.24) is 4.90 Å². The molecule has 0 radical (unpaired) electrons. The van der Waals surface area contributed by atoms with E-state index >= 15 is 0 Å². The van der Waals surface area contributed by atoms with E-state index < -0.39 is 0 Å². The number of morpholine rings is 1. The summed E-state index contributed by atoms with van der Waals surface area (Å²) in [6.07, 6.45) is 3.09. The largest absolute Gasteiger partial charge is 0.496 e. The summed E-state index contributed by atoms with van der Waals surface area (Å²) < 4.78 is 10.8. The average molecular weight is 317 g/mol. The van der Waals surface area contributed by atoms with Crippen LogP contribution in [-0.2, 0) is 9.53 Å². The summed E-state index contributed by atoms with van der Waals surface area (Å²) in [6.45, 7) is 6.17. The molecule has 2 aliphatic rings. The molecule has 126 valence electrons. The van der Waals surface area contributed by atoms with Crippen molar-refractivity contribution < 1.29 is 14.3 Å². The number of methoxy groups -OCH3 is 1. The molecule has 1 saturated heterocycles. The zero-order valence-electron chi connectivity index (χ0n) is 14.4. The van der Waals surface area contributed by atoms with Gasteiger partial charge in [0.05, 0.1) is 26.4 Å². The van der Waals surface area contributed by atoms with Crippen LogP contribution in [-0.4, -0.2) is 43.7 Å². The Kier molecular flexibility index (Phi) is 4.90. The van der Waals surface area contributed by atoms with E-state index in [4.69, 9.17) is 9.47 Å². The standard InChI is InChI=1S/C19H27NO3/c1-13-10-16(6-7-18(13)22-3)17(15-4-5-15)11-19(21)20-8-9-23-12-14(20)2/h6-7,10,14-15,17H,4-5,8-9,11-12H2,1-3H3. The predicted octanol–water partition coefficient (Wildman–Crippen LogP) is 3.13. The summed E-state index contributed by atoms with van der Waals surface area (Å²) in [5.74, 6) is 2.17. The van der Waals surface area contributed by atoms with E-state index in [0.29, 0.717) is 31.5 Å². The first kappa shape index (κ1) is 16.3. The molecule has 4 heteroatoms. The molecule has 2 atom stereocenters. The van der Waals surface area contributed by atoms with Crippen LogP contribution < -0.4 is 4.74 Å². The van der Waals surface area contributed by atoms with E-state index in [2.05, 4.69) is 26.0 Å². The highest BCUT2D eigenvalue weighted by Gasteiger charge is 2.36. The summed E-state index contributed by atoms with van der Waals surface area (Å²) >= 11 is 0. The molecule has 1 amide bonds. The molecular weight excluding hydrogens is 290 g/mol. The Hall–Kier alpha value is -1.55. The third-order valence-corrected chi connectivity index (χ3v) is 5.12. The van der Waals surface area contributed by atoms with Crippen LogP contribution in [0.15, 0.2) is 18.2 Å². The number of carbonyl (C=O) groups is 1. The van der Waals surface area contributed by atoms with Gasteiger partial charge in [-0.3, -0.25) is 4.79 Å². The van der Waals surface area contributed by atoms with E-state index in [0.717, 1.165) is 17.9 Å². The quantitative estimate of drug-likeness (QED) is 0.837. The van der Waals surface area contributed by atoms with Gasteiger partial charge in [-0.2, -0.15) is 0 Å². The lowest BCUT2D eigenvalue weighted by Crippen LogP contribution is -2.47. The van der Waals surface area contributed by atoms with Gasteiger partial charge in [0.25, 0.3) is 0 Å². The van der Waals surface area contributed by atoms with E-state index in [1.807, 2.05) is 11.0 Å². The van der Waals surface area contributed by atoms with Crippen molar-refractivity contribution in [2.24, 2.45) is 5.92 Å². The second kappa shape index (κ2) is 6.91. The summed E-state index contributed by atoms with van der Waals surface area (Å²) in [7, 11) is 1.70. The van der Waals surface area contributed by atoms with Crippen molar-refractivity contribution in [1.29, 1.82) is 0 Å². The maximum Gasteiger partial charge on any atom is 0.223 e. The molecule has 0 bridgehead atoms. The lowest BCUT2D eigenvalue weighted by Gasteiger charge is -2.34. The Bertz CT molecular complexity index is 568. The fourth-order valence-electron chi connectivity index (χ4n) is 3.59. The first-order valence-electron chi connectivity index (χ1n) is 8.62. The van der Waals surface area contributed by atoms with Gasteiger partial charge in [-0.15, -0.1) is 0 Å². The maximum atomic E-state index is 12.8. The molecule has 23 heavy (non-hydrogen) atoms. The third kappa shape index (κ3) is 3.69. The van der Waals surface area contributed by atoms with Crippen molar-refractivity contribution in [2.75, 3.05) is 26.9 Å². The molecule has 1 saturated carbocycles. The fourth-order valence-corrected chi connectivity index (χ4v) is 3.59. The average Bonchev–Trinajstić information content (AvgIpc) is 3.37. The summed E-state index contributed by atoms with van der Waals surface area (Å²) in [6, 6.07) is 6.54. The number of benzene rings is 1. The zero-order chi connectivity index (χ0) is 16.4. The molecule has 1 aliphatic heterocycles. The highest BCUT2D eigenvalue weighted by Crippen LogP contribution is 2.45. The number of aryl methyl sites for hydroxylation is 1. The molecule has 0 spiro atoms. The van der Waals surface area contributed by atoms with Crippen molar-refractivity contribution in [2.45, 2.75) is 45.1 Å². The zero-order valence-corrected chi connectivity index (χ0v) is 14.4. The summed E-state index contributed by atoms with van der Waals surface area (Å²) in [4.78, 5) is 14.8. The highest BCUT2D eigenvalue weighted by atomic mass is 16.5. The molecule has 4 nitrogen and oxygen atoms in total. The Balaban J connectivity index is 1.74. The van der Waals surface area contributed by atoms with Gasteiger partial charge >= 0.3 is 0 Å². The van der Waals surface area contributed by atoms with Crippen LogP contribution in [0, 0.1) is 12.8 Å². The Labute approximate surface area is 138 Å². The van der Waals surface area contributed by atoms with Crippen molar-refractivity contribution in [3.05, 3.63) is 29.3 Å². The normalized spacial score (nSPS) is 22.7. The predicted molar refractivity (Wildman–Crippen MR) is 89.8 cm³/mol. The Morgan fingerprint density at radius 1 is 1.43 bits per heavy atom. The van der Waals surface area contributed by atoms with Gasteiger partial charge in [-0.1, -0.05) is 12.1 Å². The van der Waals surface area contributed by atoms with Gasteiger partial charge in [0.15, 0.2) is 0 Å². The van der Waals surface area contributed by atoms with E-state index in [1.165, 1.54) is 18.4 Å². The van der Waals surface area contributed by atoms with Crippen molar-refractivity contribution >= 4 is 5.91 Å². The first-order valence-corrected chi connectivity index (χ1v) is 8.62. The molecule has 0 aromatic heterocycles. The number of nitrogens with zero attached hydrogens (tertiary/aromatic N) is 1. The van der Waals surface area contributed by atoms with Crippen LogP contribution in [0.4, 0.5) is 0 Å². The molecule has 2 unspecified atom stereocenters. The van der Waals surface area contributed by atoms with Gasteiger partial charge in [0.2, 0.25) is 5.91 Å². The lowest BCUT2D eigenvalue weighted by atomic mass is 9.89. The van der Waals surface area contributed by atoms with Gasteiger partial charge in [0.1, 0.15) is 5.75 Å². The van der Waals surface area contributed by atoms with Gasteiger partial charge < -0.3 is 14.4 Å². The molecule has 1 aromatic rings. The van der Waals surface area contributed by atoms with E-state index in [-0.39, 0.29) is 11.9 Å². The molecule has 0 N–H and O–H groups in total. The number of ether oxygens (including phenoxy) is 2. The Morgan fingerprint density at radius 3 is 2.83 bits per heavy atom. The fraction of sp³-hybridized carbons (Fsp3) is 0.632. The van der Waals surface area contributed by atoms with Crippen molar-refractivity contribution in [3.63, 3.8) is 0 Å². The van der Waals surface area contributed by atoms with Crippen LogP contribution in [0.25, 0.3) is 0 Å². The monoisotopic (exact) mass is 317 g/mol. The number of carbonyl (C=O) groups excluding carboxylic acids is 1. The van der Waals surface area contributed by atoms with E-state index in [1.54, 1.807) is 7.11 Å².